The fourth-order valence-corrected chi connectivity index (χ4v) is 3.51. The van der Waals surface area contributed by atoms with Gasteiger partial charge in [0.15, 0.2) is 0 Å². The van der Waals surface area contributed by atoms with Crippen LogP contribution in [0, 0.1) is 5.41 Å². The highest BCUT2D eigenvalue weighted by atomic mass is 16.3. The molecule has 0 atom stereocenters. The lowest BCUT2D eigenvalue weighted by atomic mass is 9.74. The standard InChI is InChI=1S/C17H24N2O2/c20-12-17(7-2-1-3-8-17)11-19-16(21)14-4-5-15-13(10-14)6-9-18-15/h4-5,10,18,20H,1-3,6-9,11-12H2,(H,19,21). The molecule has 21 heavy (non-hydrogen) atoms. The minimum atomic E-state index is -0.105. The molecule has 4 heteroatoms. The number of benzene rings is 1. The Morgan fingerprint density at radius 1 is 1.29 bits per heavy atom. The Bertz CT molecular complexity index is 522. The van der Waals surface area contributed by atoms with Crippen LogP contribution in [0.1, 0.15) is 48.0 Å². The van der Waals surface area contributed by atoms with Crippen molar-refractivity contribution in [3.63, 3.8) is 0 Å². The first-order valence-corrected chi connectivity index (χ1v) is 7.98. The first kappa shape index (κ1) is 14.4. The van der Waals surface area contributed by atoms with E-state index in [-0.39, 0.29) is 17.9 Å². The Morgan fingerprint density at radius 3 is 2.86 bits per heavy atom. The van der Waals surface area contributed by atoms with Crippen LogP contribution >= 0.6 is 0 Å². The monoisotopic (exact) mass is 288 g/mol. The van der Waals surface area contributed by atoms with E-state index in [1.807, 2.05) is 18.2 Å². The van der Waals surface area contributed by atoms with Crippen molar-refractivity contribution in [1.82, 2.24) is 5.32 Å². The normalized spacial score (nSPS) is 19.7. The van der Waals surface area contributed by atoms with Crippen LogP contribution in [-0.4, -0.2) is 30.7 Å². The highest BCUT2D eigenvalue weighted by Gasteiger charge is 2.31. The molecular weight excluding hydrogens is 264 g/mol. The summed E-state index contributed by atoms with van der Waals surface area (Å²) in [6.07, 6.45) is 6.56. The molecule has 114 valence electrons. The number of carbonyl (C=O) groups excluding carboxylic acids is 1. The third kappa shape index (κ3) is 3.05. The van der Waals surface area contributed by atoms with Gasteiger partial charge in [0.25, 0.3) is 5.91 Å². The number of nitrogens with one attached hydrogen (secondary N) is 2. The summed E-state index contributed by atoms with van der Waals surface area (Å²) in [6.45, 7) is 1.70. The van der Waals surface area contributed by atoms with Gasteiger partial charge in [0.05, 0.1) is 6.61 Å². The second-order valence-corrected chi connectivity index (χ2v) is 6.45. The van der Waals surface area contributed by atoms with Crippen LogP contribution in [0.3, 0.4) is 0 Å². The molecule has 1 aliphatic carbocycles. The van der Waals surface area contributed by atoms with Crippen LogP contribution in [0.25, 0.3) is 0 Å². The first-order chi connectivity index (χ1) is 10.2. The second kappa shape index (κ2) is 6.06. The van der Waals surface area contributed by atoms with Crippen molar-refractivity contribution in [3.05, 3.63) is 29.3 Å². The fraction of sp³-hybridized carbons (Fsp3) is 0.588. The average molecular weight is 288 g/mol. The topological polar surface area (TPSA) is 61.4 Å². The van der Waals surface area contributed by atoms with Gasteiger partial charge >= 0.3 is 0 Å². The smallest absolute Gasteiger partial charge is 0.251 e. The fourth-order valence-electron chi connectivity index (χ4n) is 3.51. The van der Waals surface area contributed by atoms with Crippen molar-refractivity contribution >= 4 is 11.6 Å². The molecule has 0 saturated heterocycles. The number of anilines is 1. The highest BCUT2D eigenvalue weighted by Crippen LogP contribution is 2.35. The van der Waals surface area contributed by atoms with E-state index in [0.717, 1.165) is 49.9 Å². The molecular formula is C17H24N2O2. The van der Waals surface area contributed by atoms with Gasteiger partial charge in [-0.05, 0) is 43.0 Å². The molecule has 0 bridgehead atoms. The minimum Gasteiger partial charge on any atom is -0.396 e. The molecule has 1 saturated carbocycles. The molecule has 1 heterocycles. The van der Waals surface area contributed by atoms with Crippen molar-refractivity contribution in [2.24, 2.45) is 5.41 Å². The van der Waals surface area contributed by atoms with Gasteiger partial charge in [-0.15, -0.1) is 0 Å². The zero-order chi connectivity index (χ0) is 14.7. The summed E-state index contributed by atoms with van der Waals surface area (Å²) in [5, 5.41) is 16.0. The minimum absolute atomic E-state index is 0.0249. The maximum absolute atomic E-state index is 12.3. The second-order valence-electron chi connectivity index (χ2n) is 6.45. The molecule has 1 aromatic rings. The third-order valence-corrected chi connectivity index (χ3v) is 4.95. The summed E-state index contributed by atoms with van der Waals surface area (Å²) in [5.74, 6) is -0.0249. The van der Waals surface area contributed by atoms with Gasteiger partial charge in [-0.2, -0.15) is 0 Å². The summed E-state index contributed by atoms with van der Waals surface area (Å²) in [5.41, 5.74) is 2.98. The maximum atomic E-state index is 12.3. The number of hydrogen-bond donors (Lipinski definition) is 3. The number of fused-ring (bicyclic) bond motifs is 1. The van der Waals surface area contributed by atoms with Crippen LogP contribution in [0.5, 0.6) is 0 Å². The van der Waals surface area contributed by atoms with E-state index in [9.17, 15) is 9.90 Å². The first-order valence-electron chi connectivity index (χ1n) is 7.98. The average Bonchev–Trinajstić information content (AvgIpc) is 3.01. The van der Waals surface area contributed by atoms with Gasteiger partial charge in [0.2, 0.25) is 0 Å². The molecule has 1 aromatic carbocycles. The van der Waals surface area contributed by atoms with E-state index in [0.29, 0.717) is 6.54 Å². The Labute approximate surface area is 125 Å². The number of aliphatic hydroxyl groups excluding tert-OH is 1. The summed E-state index contributed by atoms with van der Waals surface area (Å²) in [6, 6.07) is 5.84. The predicted molar refractivity (Wildman–Crippen MR) is 83.6 cm³/mol. The molecule has 0 radical (unpaired) electrons. The van der Waals surface area contributed by atoms with Gasteiger partial charge in [0.1, 0.15) is 0 Å². The van der Waals surface area contributed by atoms with Crippen molar-refractivity contribution in [1.29, 1.82) is 0 Å². The van der Waals surface area contributed by atoms with Crippen LogP contribution in [0.4, 0.5) is 5.69 Å². The summed E-state index contributed by atoms with van der Waals surface area (Å²) < 4.78 is 0. The van der Waals surface area contributed by atoms with Gasteiger partial charge in [-0.25, -0.2) is 0 Å². The molecule has 1 aliphatic heterocycles. The van der Waals surface area contributed by atoms with E-state index in [1.165, 1.54) is 12.0 Å². The zero-order valence-electron chi connectivity index (χ0n) is 12.5. The number of amides is 1. The van der Waals surface area contributed by atoms with Crippen molar-refractivity contribution in [2.45, 2.75) is 38.5 Å². The number of carbonyl (C=O) groups is 1. The van der Waals surface area contributed by atoms with Crippen molar-refractivity contribution < 1.29 is 9.90 Å². The lowest BCUT2D eigenvalue weighted by Crippen LogP contribution is -2.41. The Balaban J connectivity index is 1.63. The molecule has 0 aromatic heterocycles. The SMILES string of the molecule is O=C(NCC1(CO)CCCCC1)c1ccc2c(c1)CCN2. The van der Waals surface area contributed by atoms with E-state index < -0.39 is 0 Å². The molecule has 4 nitrogen and oxygen atoms in total. The molecule has 1 amide bonds. The molecule has 3 N–H and O–H groups in total. The Hall–Kier alpha value is -1.55. The lowest BCUT2D eigenvalue weighted by molar-refractivity contribution is 0.0718. The summed E-state index contributed by atoms with van der Waals surface area (Å²) in [7, 11) is 0. The van der Waals surface area contributed by atoms with Crippen LogP contribution in [0.15, 0.2) is 18.2 Å². The molecule has 3 rings (SSSR count). The van der Waals surface area contributed by atoms with Gasteiger partial charge in [-0.1, -0.05) is 19.3 Å². The molecule has 1 fully saturated rings. The molecule has 2 aliphatic rings. The van der Waals surface area contributed by atoms with Crippen molar-refractivity contribution in [3.8, 4) is 0 Å². The molecule has 0 spiro atoms. The predicted octanol–water partition coefficient (Wildman–Crippen LogP) is 2.33. The van der Waals surface area contributed by atoms with E-state index in [4.69, 9.17) is 0 Å². The maximum Gasteiger partial charge on any atom is 0.251 e. The third-order valence-electron chi connectivity index (χ3n) is 4.95. The quantitative estimate of drug-likeness (QED) is 0.797. The van der Waals surface area contributed by atoms with Gasteiger partial charge in [-0.3, -0.25) is 4.79 Å². The molecule has 0 unspecified atom stereocenters. The number of rotatable bonds is 4. The van der Waals surface area contributed by atoms with Crippen molar-refractivity contribution in [2.75, 3.05) is 25.0 Å². The summed E-state index contributed by atoms with van der Waals surface area (Å²) in [4.78, 5) is 12.3. The van der Waals surface area contributed by atoms with Gasteiger partial charge in [0, 0.05) is 29.8 Å². The number of aliphatic hydroxyl groups is 1. The number of hydrogen-bond acceptors (Lipinski definition) is 3. The lowest BCUT2D eigenvalue weighted by Gasteiger charge is -2.35. The zero-order valence-corrected chi connectivity index (χ0v) is 12.5. The van der Waals surface area contributed by atoms with Crippen LogP contribution in [-0.2, 0) is 6.42 Å². The van der Waals surface area contributed by atoms with E-state index in [2.05, 4.69) is 10.6 Å². The largest absolute Gasteiger partial charge is 0.396 e. The van der Waals surface area contributed by atoms with E-state index >= 15 is 0 Å². The summed E-state index contributed by atoms with van der Waals surface area (Å²) >= 11 is 0. The van der Waals surface area contributed by atoms with Crippen LogP contribution in [0.2, 0.25) is 0 Å². The van der Waals surface area contributed by atoms with Gasteiger partial charge < -0.3 is 15.7 Å². The Kier molecular flexibility index (Phi) is 4.15. The van der Waals surface area contributed by atoms with E-state index in [1.54, 1.807) is 0 Å². The highest BCUT2D eigenvalue weighted by molar-refractivity contribution is 5.95. The van der Waals surface area contributed by atoms with Crippen LogP contribution < -0.4 is 10.6 Å². The Morgan fingerprint density at radius 2 is 2.10 bits per heavy atom.